The molecule has 0 saturated carbocycles. The van der Waals surface area contributed by atoms with Gasteiger partial charge in [0.05, 0.1) is 13.1 Å². The van der Waals surface area contributed by atoms with Crippen LogP contribution < -0.4 is 10.6 Å². The number of thiophene rings is 1. The highest BCUT2D eigenvalue weighted by Crippen LogP contribution is 2.26. The lowest BCUT2D eigenvalue weighted by Gasteiger charge is -2.23. The summed E-state index contributed by atoms with van der Waals surface area (Å²) in [6, 6.07) is 3.52. The molecular weight excluding hydrogens is 300 g/mol. The molecule has 120 valence electrons. The molecule has 2 rings (SSSR count). The lowest BCUT2D eigenvalue weighted by atomic mass is 9.96. The molecule has 0 unspecified atom stereocenters. The molecule has 2 aromatic rings. The summed E-state index contributed by atoms with van der Waals surface area (Å²) in [7, 11) is 0. The van der Waals surface area contributed by atoms with E-state index in [0.717, 1.165) is 10.6 Å². The molecule has 0 radical (unpaired) electrons. The van der Waals surface area contributed by atoms with Crippen molar-refractivity contribution in [2.45, 2.75) is 39.8 Å². The predicted octanol–water partition coefficient (Wildman–Crippen LogP) is 2.97. The van der Waals surface area contributed by atoms with Crippen molar-refractivity contribution in [1.82, 2.24) is 10.6 Å². The fraction of sp³-hybridized carbons (Fsp3) is 0.438. The maximum atomic E-state index is 11.9. The van der Waals surface area contributed by atoms with E-state index in [2.05, 4.69) is 10.6 Å². The number of nitrogens with one attached hydrogen (secondary N) is 2. The van der Waals surface area contributed by atoms with Crippen LogP contribution >= 0.6 is 11.3 Å². The lowest BCUT2D eigenvalue weighted by molar-refractivity contribution is 0.0579. The summed E-state index contributed by atoms with van der Waals surface area (Å²) in [4.78, 5) is 13.0. The van der Waals surface area contributed by atoms with Crippen LogP contribution in [0, 0.1) is 20.8 Å². The van der Waals surface area contributed by atoms with Crippen LogP contribution in [0.3, 0.4) is 0 Å². The third-order valence-corrected chi connectivity index (χ3v) is 4.62. The second-order valence-corrected chi connectivity index (χ2v) is 6.66. The quantitative estimate of drug-likeness (QED) is 0.792. The zero-order chi connectivity index (χ0) is 16.3. The first kappa shape index (κ1) is 16.6. The molecule has 0 bridgehead atoms. The number of rotatable bonds is 5. The predicted molar refractivity (Wildman–Crippen MR) is 87.0 cm³/mol. The summed E-state index contributed by atoms with van der Waals surface area (Å²) in [5, 5.41) is 18.0. The zero-order valence-electron chi connectivity index (χ0n) is 13.3. The van der Waals surface area contributed by atoms with E-state index in [0.29, 0.717) is 17.9 Å². The van der Waals surface area contributed by atoms with E-state index in [-0.39, 0.29) is 12.6 Å². The minimum Gasteiger partial charge on any atom is -0.466 e. The molecule has 0 aromatic carbocycles. The van der Waals surface area contributed by atoms with Crippen LogP contribution in [-0.2, 0) is 12.1 Å². The Morgan fingerprint density at radius 1 is 1.36 bits per heavy atom. The molecule has 6 heteroatoms. The Balaban J connectivity index is 1.87. The molecular formula is C16H22N2O3S. The Kier molecular flexibility index (Phi) is 4.93. The highest BCUT2D eigenvalue weighted by atomic mass is 32.1. The van der Waals surface area contributed by atoms with Gasteiger partial charge in [-0.2, -0.15) is 0 Å². The molecule has 2 heterocycles. The molecule has 22 heavy (non-hydrogen) atoms. The van der Waals surface area contributed by atoms with Gasteiger partial charge in [0.15, 0.2) is 0 Å². The number of carbonyl (C=O) groups is 1. The van der Waals surface area contributed by atoms with E-state index in [1.807, 2.05) is 25.3 Å². The van der Waals surface area contributed by atoms with E-state index in [4.69, 9.17) is 4.42 Å². The smallest absolute Gasteiger partial charge is 0.315 e. The summed E-state index contributed by atoms with van der Waals surface area (Å²) < 4.78 is 5.43. The number of urea groups is 1. The van der Waals surface area contributed by atoms with Crippen molar-refractivity contribution < 1.29 is 14.3 Å². The second kappa shape index (κ2) is 6.54. The molecule has 0 saturated heterocycles. The number of hydrogen-bond acceptors (Lipinski definition) is 4. The molecule has 3 N–H and O–H groups in total. The fourth-order valence-electron chi connectivity index (χ4n) is 2.32. The Labute approximate surface area is 134 Å². The highest BCUT2D eigenvalue weighted by molar-refractivity contribution is 7.10. The summed E-state index contributed by atoms with van der Waals surface area (Å²) in [6.07, 6.45) is 0. The Morgan fingerprint density at radius 2 is 2.09 bits per heavy atom. The average molecular weight is 322 g/mol. The SMILES string of the molecule is Cc1cc([C@@](C)(O)CNC(=O)NCc2sccc2C)c(C)o1. The molecule has 0 aliphatic carbocycles. The van der Waals surface area contributed by atoms with Gasteiger partial charge in [0.1, 0.15) is 17.1 Å². The zero-order valence-corrected chi connectivity index (χ0v) is 14.1. The molecule has 1 atom stereocenters. The first-order valence-corrected chi connectivity index (χ1v) is 8.02. The van der Waals surface area contributed by atoms with Gasteiger partial charge in [-0.05, 0) is 50.8 Å². The molecule has 0 spiro atoms. The van der Waals surface area contributed by atoms with Crippen LogP contribution in [0.25, 0.3) is 0 Å². The standard InChI is InChI=1S/C16H22N2O3S/c1-10-5-6-22-14(10)8-17-15(19)18-9-16(4,20)13-7-11(2)21-12(13)3/h5-7,20H,8-9H2,1-4H3,(H2,17,18,19)/t16-/m0/s1. The van der Waals surface area contributed by atoms with Crippen molar-refractivity contribution in [3.05, 3.63) is 45.0 Å². The molecule has 0 aliphatic rings. The van der Waals surface area contributed by atoms with Crippen LogP contribution in [0.4, 0.5) is 4.79 Å². The normalized spacial score (nSPS) is 13.7. The van der Waals surface area contributed by atoms with Gasteiger partial charge < -0.3 is 20.2 Å². The maximum absolute atomic E-state index is 11.9. The molecule has 0 aliphatic heterocycles. The number of carbonyl (C=O) groups excluding carboxylic acids is 1. The number of hydrogen-bond donors (Lipinski definition) is 3. The third-order valence-electron chi connectivity index (χ3n) is 3.59. The Morgan fingerprint density at radius 3 is 2.64 bits per heavy atom. The van der Waals surface area contributed by atoms with E-state index in [1.54, 1.807) is 31.3 Å². The van der Waals surface area contributed by atoms with Gasteiger partial charge in [0.25, 0.3) is 0 Å². The van der Waals surface area contributed by atoms with Gasteiger partial charge >= 0.3 is 6.03 Å². The summed E-state index contributed by atoms with van der Waals surface area (Å²) in [6.45, 7) is 7.91. The minimum absolute atomic E-state index is 0.113. The van der Waals surface area contributed by atoms with E-state index >= 15 is 0 Å². The molecule has 5 nitrogen and oxygen atoms in total. The van der Waals surface area contributed by atoms with Gasteiger partial charge in [-0.1, -0.05) is 0 Å². The van der Waals surface area contributed by atoms with Crippen LogP contribution in [0.1, 0.15) is 34.4 Å². The van der Waals surface area contributed by atoms with Crippen LogP contribution in [0.2, 0.25) is 0 Å². The number of aryl methyl sites for hydroxylation is 3. The largest absolute Gasteiger partial charge is 0.466 e. The van der Waals surface area contributed by atoms with Gasteiger partial charge in [0.2, 0.25) is 0 Å². The van der Waals surface area contributed by atoms with Crippen molar-refractivity contribution in [3.8, 4) is 0 Å². The molecule has 0 fully saturated rings. The minimum atomic E-state index is -1.17. The monoisotopic (exact) mass is 322 g/mol. The van der Waals surface area contributed by atoms with E-state index in [9.17, 15) is 9.90 Å². The van der Waals surface area contributed by atoms with Crippen LogP contribution in [-0.4, -0.2) is 17.7 Å². The maximum Gasteiger partial charge on any atom is 0.315 e. The molecule has 2 amide bonds. The van der Waals surface area contributed by atoms with Crippen molar-refractivity contribution in [3.63, 3.8) is 0 Å². The molecule has 2 aromatic heterocycles. The first-order chi connectivity index (χ1) is 10.3. The Bertz CT molecular complexity index is 658. The van der Waals surface area contributed by atoms with Crippen LogP contribution in [0.5, 0.6) is 0 Å². The lowest BCUT2D eigenvalue weighted by Crippen LogP contribution is -2.43. The van der Waals surface area contributed by atoms with E-state index in [1.165, 1.54) is 5.56 Å². The van der Waals surface area contributed by atoms with E-state index < -0.39 is 5.60 Å². The van der Waals surface area contributed by atoms with Crippen molar-refractivity contribution in [2.75, 3.05) is 6.54 Å². The third kappa shape index (κ3) is 3.90. The summed E-state index contributed by atoms with van der Waals surface area (Å²) in [5.74, 6) is 1.41. The number of furan rings is 1. The fourth-order valence-corrected chi connectivity index (χ4v) is 3.17. The van der Waals surface area contributed by atoms with Gasteiger partial charge in [-0.15, -0.1) is 11.3 Å². The topological polar surface area (TPSA) is 74.5 Å². The average Bonchev–Trinajstić information content (AvgIpc) is 3.00. The number of aliphatic hydroxyl groups is 1. The highest BCUT2D eigenvalue weighted by Gasteiger charge is 2.28. The summed E-state index contributed by atoms with van der Waals surface area (Å²) in [5.41, 5.74) is 0.694. The van der Waals surface area contributed by atoms with Crippen molar-refractivity contribution in [2.24, 2.45) is 0 Å². The van der Waals surface area contributed by atoms with Crippen molar-refractivity contribution >= 4 is 17.4 Å². The second-order valence-electron chi connectivity index (χ2n) is 5.66. The first-order valence-electron chi connectivity index (χ1n) is 7.14. The van der Waals surface area contributed by atoms with Gasteiger partial charge in [-0.3, -0.25) is 0 Å². The van der Waals surface area contributed by atoms with Crippen molar-refractivity contribution in [1.29, 1.82) is 0 Å². The van der Waals surface area contributed by atoms with Gasteiger partial charge in [0, 0.05) is 10.4 Å². The van der Waals surface area contributed by atoms with Gasteiger partial charge in [-0.25, -0.2) is 4.79 Å². The number of amides is 2. The van der Waals surface area contributed by atoms with Crippen LogP contribution in [0.15, 0.2) is 21.9 Å². The Hall–Kier alpha value is -1.79. The summed E-state index contributed by atoms with van der Waals surface area (Å²) >= 11 is 1.61.